The van der Waals surface area contributed by atoms with Crippen LogP contribution in [0.4, 0.5) is 0 Å². The van der Waals surface area contributed by atoms with Crippen molar-refractivity contribution in [2.45, 2.75) is 19.1 Å². The van der Waals surface area contributed by atoms with Gasteiger partial charge >= 0.3 is 5.97 Å². The van der Waals surface area contributed by atoms with Crippen molar-refractivity contribution in [3.63, 3.8) is 0 Å². The number of aromatic nitrogens is 1. The average Bonchev–Trinajstić information content (AvgIpc) is 3.27. The highest BCUT2D eigenvalue weighted by Gasteiger charge is 2.20. The van der Waals surface area contributed by atoms with Gasteiger partial charge in [0.05, 0.1) is 6.54 Å². The number of benzene rings is 4. The molecule has 0 amide bonds. The number of carboxylic acid groups (broad SMARTS) is 1. The number of carboxylic acids is 1. The number of hydrogen-bond donors (Lipinski definition) is 1. The minimum atomic E-state index is -0.993. The lowest BCUT2D eigenvalue weighted by atomic mass is 10.1. The van der Waals surface area contributed by atoms with Crippen LogP contribution in [0.5, 0.6) is 11.5 Å². The average molecular weight is 452 g/mol. The third-order valence-corrected chi connectivity index (χ3v) is 5.90. The van der Waals surface area contributed by atoms with Gasteiger partial charge in [0.2, 0.25) is 0 Å². The fourth-order valence-electron chi connectivity index (χ4n) is 4.12. The summed E-state index contributed by atoms with van der Waals surface area (Å²) >= 11 is 0. The first-order chi connectivity index (χ1) is 16.7. The zero-order chi connectivity index (χ0) is 23.3. The molecule has 0 aliphatic rings. The maximum atomic E-state index is 11.8. The van der Waals surface area contributed by atoms with Crippen LogP contribution in [0.2, 0.25) is 0 Å². The molecule has 1 aromatic heterocycles. The Bertz CT molecular complexity index is 1420. The summed E-state index contributed by atoms with van der Waals surface area (Å²) in [6, 6.07) is 31.4. The standard InChI is InChI=1S/C29H25NO4/c31-29(32)28(34-26-14-11-22-5-1-2-7-24(22)20-26)19-21-9-12-25(13-10-21)33-18-17-30-16-15-23-6-3-4-8-27(23)30/h1-16,20,28H,17-19H2,(H,31,32). The first-order valence-corrected chi connectivity index (χ1v) is 11.3. The van der Waals surface area contributed by atoms with Crippen LogP contribution in [0.25, 0.3) is 21.7 Å². The van der Waals surface area contributed by atoms with E-state index < -0.39 is 12.1 Å². The van der Waals surface area contributed by atoms with Crippen LogP contribution >= 0.6 is 0 Å². The van der Waals surface area contributed by atoms with Crippen molar-refractivity contribution < 1.29 is 19.4 Å². The predicted octanol–water partition coefficient (Wildman–Crippen LogP) is 5.95. The van der Waals surface area contributed by atoms with Gasteiger partial charge in [-0.05, 0) is 58.1 Å². The van der Waals surface area contributed by atoms with Gasteiger partial charge in [-0.3, -0.25) is 0 Å². The highest BCUT2D eigenvalue weighted by Crippen LogP contribution is 2.23. The van der Waals surface area contributed by atoms with Gasteiger partial charge < -0.3 is 19.1 Å². The minimum Gasteiger partial charge on any atom is -0.492 e. The molecule has 170 valence electrons. The molecule has 0 aliphatic carbocycles. The van der Waals surface area contributed by atoms with Gasteiger partial charge in [0.1, 0.15) is 18.1 Å². The largest absolute Gasteiger partial charge is 0.492 e. The number of fused-ring (bicyclic) bond motifs is 2. The summed E-state index contributed by atoms with van der Waals surface area (Å²) < 4.78 is 13.9. The Labute approximate surface area is 197 Å². The summed E-state index contributed by atoms with van der Waals surface area (Å²) in [6.45, 7) is 1.29. The molecule has 0 bridgehead atoms. The molecule has 5 aromatic rings. The van der Waals surface area contributed by atoms with Crippen LogP contribution < -0.4 is 9.47 Å². The molecule has 4 aromatic carbocycles. The molecule has 0 saturated carbocycles. The van der Waals surface area contributed by atoms with Gasteiger partial charge in [0.15, 0.2) is 6.10 Å². The minimum absolute atomic E-state index is 0.262. The van der Waals surface area contributed by atoms with Crippen molar-refractivity contribution in [1.29, 1.82) is 0 Å². The van der Waals surface area contributed by atoms with Crippen molar-refractivity contribution in [1.82, 2.24) is 4.57 Å². The molecule has 1 atom stereocenters. The molecule has 5 nitrogen and oxygen atoms in total. The maximum Gasteiger partial charge on any atom is 0.345 e. The third kappa shape index (κ3) is 4.89. The lowest BCUT2D eigenvalue weighted by molar-refractivity contribution is -0.145. The Morgan fingerprint density at radius 3 is 2.29 bits per heavy atom. The van der Waals surface area contributed by atoms with Crippen LogP contribution in [0.3, 0.4) is 0 Å². The molecule has 5 rings (SSSR count). The summed E-state index contributed by atoms with van der Waals surface area (Å²) in [6.07, 6.45) is 1.35. The van der Waals surface area contributed by atoms with Crippen molar-refractivity contribution in [3.8, 4) is 11.5 Å². The lowest BCUT2D eigenvalue weighted by Gasteiger charge is -2.16. The number of ether oxygens (including phenoxy) is 2. The van der Waals surface area contributed by atoms with E-state index in [1.165, 1.54) is 10.9 Å². The van der Waals surface area contributed by atoms with Crippen molar-refractivity contribution in [3.05, 3.63) is 109 Å². The summed E-state index contributed by atoms with van der Waals surface area (Å²) in [5, 5.41) is 13.0. The van der Waals surface area contributed by atoms with Crippen LogP contribution in [-0.4, -0.2) is 28.4 Å². The summed E-state index contributed by atoms with van der Waals surface area (Å²) in [5.74, 6) is 0.304. The zero-order valence-corrected chi connectivity index (χ0v) is 18.6. The van der Waals surface area contributed by atoms with Gasteiger partial charge in [-0.1, -0.05) is 60.7 Å². The highest BCUT2D eigenvalue weighted by atomic mass is 16.5. The number of para-hydroxylation sites is 1. The maximum absolute atomic E-state index is 11.8. The van der Waals surface area contributed by atoms with Crippen LogP contribution in [0, 0.1) is 0 Å². The van der Waals surface area contributed by atoms with E-state index in [9.17, 15) is 9.90 Å². The fourth-order valence-corrected chi connectivity index (χ4v) is 4.12. The quantitative estimate of drug-likeness (QED) is 0.301. The Balaban J connectivity index is 1.19. The SMILES string of the molecule is O=C(O)C(Cc1ccc(OCCn2ccc3ccccc32)cc1)Oc1ccc2ccccc2c1. The van der Waals surface area contributed by atoms with E-state index in [4.69, 9.17) is 9.47 Å². The Morgan fingerprint density at radius 1 is 0.794 bits per heavy atom. The van der Waals surface area contributed by atoms with E-state index >= 15 is 0 Å². The Hall–Kier alpha value is -4.25. The van der Waals surface area contributed by atoms with Gasteiger partial charge in [-0.15, -0.1) is 0 Å². The van der Waals surface area contributed by atoms with E-state index in [-0.39, 0.29) is 6.42 Å². The molecule has 5 heteroatoms. The van der Waals surface area contributed by atoms with Gasteiger partial charge in [0.25, 0.3) is 0 Å². The number of aliphatic carboxylic acids is 1. The van der Waals surface area contributed by atoms with E-state index in [1.54, 1.807) is 0 Å². The van der Waals surface area contributed by atoms with E-state index in [0.717, 1.165) is 28.6 Å². The normalized spacial score (nSPS) is 12.0. The molecular weight excluding hydrogens is 426 g/mol. The number of rotatable bonds is 9. The molecule has 34 heavy (non-hydrogen) atoms. The van der Waals surface area contributed by atoms with Gasteiger partial charge in [-0.2, -0.15) is 0 Å². The van der Waals surface area contributed by atoms with Crippen LogP contribution in [-0.2, 0) is 17.8 Å². The molecular formula is C29H25NO4. The van der Waals surface area contributed by atoms with Crippen LogP contribution in [0.15, 0.2) is 103 Å². The van der Waals surface area contributed by atoms with E-state index in [1.807, 2.05) is 78.9 Å². The van der Waals surface area contributed by atoms with E-state index in [0.29, 0.717) is 12.4 Å². The molecule has 0 radical (unpaired) electrons. The van der Waals surface area contributed by atoms with Crippen molar-refractivity contribution in [2.75, 3.05) is 6.61 Å². The predicted molar refractivity (Wildman–Crippen MR) is 134 cm³/mol. The number of hydrogen-bond acceptors (Lipinski definition) is 3. The van der Waals surface area contributed by atoms with Crippen molar-refractivity contribution in [2.24, 2.45) is 0 Å². The molecule has 0 fully saturated rings. The monoisotopic (exact) mass is 451 g/mol. The number of nitrogens with zero attached hydrogens (tertiary/aromatic N) is 1. The molecule has 0 saturated heterocycles. The molecule has 0 spiro atoms. The molecule has 1 N–H and O–H groups in total. The molecule has 0 aliphatic heterocycles. The van der Waals surface area contributed by atoms with Crippen molar-refractivity contribution >= 4 is 27.6 Å². The number of carbonyl (C=O) groups is 1. The second kappa shape index (κ2) is 9.71. The van der Waals surface area contributed by atoms with Crippen LogP contribution in [0.1, 0.15) is 5.56 Å². The smallest absolute Gasteiger partial charge is 0.345 e. The fraction of sp³-hybridized carbons (Fsp3) is 0.138. The first-order valence-electron chi connectivity index (χ1n) is 11.3. The first kappa shape index (κ1) is 21.6. The Kier molecular flexibility index (Phi) is 6.17. The third-order valence-electron chi connectivity index (χ3n) is 5.90. The van der Waals surface area contributed by atoms with E-state index in [2.05, 4.69) is 29.0 Å². The van der Waals surface area contributed by atoms with Gasteiger partial charge in [0, 0.05) is 18.1 Å². The summed E-state index contributed by atoms with van der Waals surface area (Å²) in [4.78, 5) is 11.8. The Morgan fingerprint density at radius 2 is 1.50 bits per heavy atom. The molecule has 1 heterocycles. The summed E-state index contributed by atoms with van der Waals surface area (Å²) in [5.41, 5.74) is 2.06. The van der Waals surface area contributed by atoms with Gasteiger partial charge in [-0.25, -0.2) is 4.79 Å². The topological polar surface area (TPSA) is 60.7 Å². The molecule has 1 unspecified atom stereocenters. The summed E-state index contributed by atoms with van der Waals surface area (Å²) in [7, 11) is 0. The highest BCUT2D eigenvalue weighted by molar-refractivity contribution is 5.84. The second-order valence-electron chi connectivity index (χ2n) is 8.22. The lowest BCUT2D eigenvalue weighted by Crippen LogP contribution is -2.29. The second-order valence-corrected chi connectivity index (χ2v) is 8.22. The zero-order valence-electron chi connectivity index (χ0n) is 18.6.